The molecule has 0 aromatic heterocycles. The Kier molecular flexibility index (Phi) is 7.66. The van der Waals surface area contributed by atoms with Crippen molar-refractivity contribution in [3.05, 3.63) is 24.3 Å². The highest BCUT2D eigenvalue weighted by molar-refractivity contribution is 5.89. The molecule has 68 valence electrons. The van der Waals surface area contributed by atoms with Crippen LogP contribution in [0.5, 0.6) is 0 Å². The van der Waals surface area contributed by atoms with Crippen molar-refractivity contribution in [3.8, 4) is 0 Å². The maximum Gasteiger partial charge on any atom is 0.155 e. The average molecular weight is 166 g/mol. The van der Waals surface area contributed by atoms with Crippen molar-refractivity contribution in [1.29, 1.82) is 0 Å². The van der Waals surface area contributed by atoms with Crippen molar-refractivity contribution in [3.63, 3.8) is 0 Å². The molecule has 0 unspecified atom stereocenters. The highest BCUT2D eigenvalue weighted by Gasteiger charge is 1.86. The first-order chi connectivity index (χ1) is 5.81. The van der Waals surface area contributed by atoms with Crippen LogP contribution in [0.25, 0.3) is 0 Å². The van der Waals surface area contributed by atoms with Crippen LogP contribution in [0.15, 0.2) is 24.3 Å². The quantitative estimate of drug-likeness (QED) is 0.437. The van der Waals surface area contributed by atoms with Crippen LogP contribution >= 0.6 is 0 Å². The number of hydrogen-bond donors (Lipinski definition) is 0. The van der Waals surface area contributed by atoms with Gasteiger partial charge < -0.3 is 0 Å². The lowest BCUT2D eigenvalue weighted by molar-refractivity contribution is -0.114. The summed E-state index contributed by atoms with van der Waals surface area (Å²) in [6, 6.07) is 0. The van der Waals surface area contributed by atoms with E-state index < -0.39 is 0 Å². The van der Waals surface area contributed by atoms with Crippen molar-refractivity contribution in [1.82, 2.24) is 0 Å². The summed E-state index contributed by atoms with van der Waals surface area (Å²) in [5.74, 6) is 0.207. The lowest BCUT2D eigenvalue weighted by atomic mass is 10.2. The van der Waals surface area contributed by atoms with Crippen LogP contribution in [0.4, 0.5) is 0 Å². The van der Waals surface area contributed by atoms with E-state index in [1.54, 1.807) is 6.08 Å². The fourth-order valence-corrected chi connectivity index (χ4v) is 0.777. The maximum atomic E-state index is 10.8. The van der Waals surface area contributed by atoms with Crippen LogP contribution in [0, 0.1) is 0 Å². The van der Waals surface area contributed by atoms with Gasteiger partial charge in [-0.05, 0) is 18.9 Å². The lowest BCUT2D eigenvalue weighted by Gasteiger charge is -1.85. The largest absolute Gasteiger partial charge is 0.295 e. The van der Waals surface area contributed by atoms with Crippen LogP contribution < -0.4 is 0 Å². The van der Waals surface area contributed by atoms with E-state index in [1.807, 2.05) is 13.0 Å². The minimum absolute atomic E-state index is 0.207. The third-order valence-corrected chi connectivity index (χ3v) is 1.55. The fourth-order valence-electron chi connectivity index (χ4n) is 0.777. The van der Waals surface area contributed by atoms with E-state index in [9.17, 15) is 4.79 Å². The summed E-state index contributed by atoms with van der Waals surface area (Å²) in [7, 11) is 0. The van der Waals surface area contributed by atoms with Crippen molar-refractivity contribution in [2.45, 2.75) is 39.5 Å². The molecule has 0 aromatic carbocycles. The van der Waals surface area contributed by atoms with Gasteiger partial charge in [0.05, 0.1) is 0 Å². The van der Waals surface area contributed by atoms with Gasteiger partial charge in [0.1, 0.15) is 0 Å². The molecule has 0 amide bonds. The summed E-state index contributed by atoms with van der Waals surface area (Å²) in [6.07, 6.45) is 11.6. The monoisotopic (exact) mass is 166 g/mol. The third kappa shape index (κ3) is 7.26. The molecular weight excluding hydrogens is 148 g/mol. The second kappa shape index (κ2) is 8.25. The van der Waals surface area contributed by atoms with Gasteiger partial charge in [-0.1, -0.05) is 38.5 Å². The molecule has 0 aliphatic carbocycles. The van der Waals surface area contributed by atoms with E-state index in [1.165, 1.54) is 6.42 Å². The molecule has 0 saturated heterocycles. The van der Waals surface area contributed by atoms with Crippen molar-refractivity contribution in [2.75, 3.05) is 0 Å². The van der Waals surface area contributed by atoms with Gasteiger partial charge in [0.15, 0.2) is 5.78 Å². The van der Waals surface area contributed by atoms with Gasteiger partial charge in [-0.2, -0.15) is 0 Å². The summed E-state index contributed by atoms with van der Waals surface area (Å²) in [4.78, 5) is 10.8. The Morgan fingerprint density at radius 2 is 1.92 bits per heavy atom. The standard InChI is InChI=1S/C11H18O/c1-3-5-6-7-8-9-10-11(12)4-2/h6-7,9-10H,3-5,8H2,1-2H3. The highest BCUT2D eigenvalue weighted by Crippen LogP contribution is 1.93. The molecule has 0 radical (unpaired) electrons. The molecule has 0 aliphatic heterocycles. The zero-order valence-electron chi connectivity index (χ0n) is 8.05. The van der Waals surface area contributed by atoms with Gasteiger partial charge >= 0.3 is 0 Å². The number of allylic oxidation sites excluding steroid dienone is 4. The number of ketones is 1. The zero-order valence-corrected chi connectivity index (χ0v) is 8.05. The predicted octanol–water partition coefficient (Wildman–Crippen LogP) is 3.27. The van der Waals surface area contributed by atoms with E-state index >= 15 is 0 Å². The molecule has 0 aromatic rings. The molecule has 1 heteroatoms. The molecule has 0 atom stereocenters. The molecule has 12 heavy (non-hydrogen) atoms. The van der Waals surface area contributed by atoms with Crippen molar-refractivity contribution >= 4 is 5.78 Å². The third-order valence-electron chi connectivity index (χ3n) is 1.55. The topological polar surface area (TPSA) is 17.1 Å². The molecule has 0 bridgehead atoms. The number of carbonyl (C=O) groups is 1. The van der Waals surface area contributed by atoms with Gasteiger partial charge in [-0.25, -0.2) is 0 Å². The Hall–Kier alpha value is -0.850. The highest BCUT2D eigenvalue weighted by atomic mass is 16.1. The van der Waals surface area contributed by atoms with Crippen LogP contribution in [0.3, 0.4) is 0 Å². The first-order valence-corrected chi connectivity index (χ1v) is 4.65. The minimum Gasteiger partial charge on any atom is -0.295 e. The molecular formula is C11H18O. The van der Waals surface area contributed by atoms with E-state index in [2.05, 4.69) is 19.1 Å². The number of carbonyl (C=O) groups excluding carboxylic acids is 1. The van der Waals surface area contributed by atoms with E-state index in [-0.39, 0.29) is 5.78 Å². The lowest BCUT2D eigenvalue weighted by Crippen LogP contribution is -1.85. The number of unbranched alkanes of at least 4 members (excludes halogenated alkanes) is 1. The zero-order chi connectivity index (χ0) is 9.23. The second-order valence-electron chi connectivity index (χ2n) is 2.72. The average Bonchev–Trinajstić information content (AvgIpc) is 2.10. The Labute approximate surface area is 75.2 Å². The molecule has 0 N–H and O–H groups in total. The molecule has 0 spiro atoms. The second-order valence-corrected chi connectivity index (χ2v) is 2.72. The normalized spacial score (nSPS) is 11.5. The Bertz CT molecular complexity index is 166. The first kappa shape index (κ1) is 11.2. The summed E-state index contributed by atoms with van der Waals surface area (Å²) in [5, 5.41) is 0. The summed E-state index contributed by atoms with van der Waals surface area (Å²) in [5.41, 5.74) is 0. The van der Waals surface area contributed by atoms with Crippen LogP contribution in [-0.2, 0) is 4.79 Å². The van der Waals surface area contributed by atoms with E-state index in [4.69, 9.17) is 0 Å². The minimum atomic E-state index is 0.207. The van der Waals surface area contributed by atoms with Crippen molar-refractivity contribution < 1.29 is 4.79 Å². The van der Waals surface area contributed by atoms with Gasteiger partial charge in [-0.15, -0.1) is 0 Å². The molecule has 1 nitrogen and oxygen atoms in total. The molecule has 0 aliphatic rings. The van der Waals surface area contributed by atoms with Gasteiger partial charge in [0.25, 0.3) is 0 Å². The number of hydrogen-bond acceptors (Lipinski definition) is 1. The smallest absolute Gasteiger partial charge is 0.155 e. The molecule has 0 fully saturated rings. The SMILES string of the molecule is CCCC=CCC=CC(=O)CC. The first-order valence-electron chi connectivity index (χ1n) is 4.65. The van der Waals surface area contributed by atoms with Gasteiger partial charge in [-0.3, -0.25) is 4.79 Å². The molecule has 0 saturated carbocycles. The van der Waals surface area contributed by atoms with Crippen LogP contribution in [-0.4, -0.2) is 5.78 Å². The molecule has 0 heterocycles. The summed E-state index contributed by atoms with van der Waals surface area (Å²) < 4.78 is 0. The Balaban J connectivity index is 3.41. The fraction of sp³-hybridized carbons (Fsp3) is 0.545. The summed E-state index contributed by atoms with van der Waals surface area (Å²) >= 11 is 0. The number of rotatable bonds is 6. The van der Waals surface area contributed by atoms with Gasteiger partial charge in [0, 0.05) is 6.42 Å². The Morgan fingerprint density at radius 1 is 1.17 bits per heavy atom. The van der Waals surface area contributed by atoms with E-state index in [0.717, 1.165) is 12.8 Å². The van der Waals surface area contributed by atoms with Gasteiger partial charge in [0.2, 0.25) is 0 Å². The molecule has 0 rings (SSSR count). The summed E-state index contributed by atoms with van der Waals surface area (Å²) in [6.45, 7) is 4.03. The van der Waals surface area contributed by atoms with Crippen LogP contribution in [0.1, 0.15) is 39.5 Å². The predicted molar refractivity (Wildman–Crippen MR) is 53.1 cm³/mol. The maximum absolute atomic E-state index is 10.8. The Morgan fingerprint density at radius 3 is 2.50 bits per heavy atom. The van der Waals surface area contributed by atoms with Crippen LogP contribution in [0.2, 0.25) is 0 Å². The van der Waals surface area contributed by atoms with Crippen molar-refractivity contribution in [2.24, 2.45) is 0 Å². The van der Waals surface area contributed by atoms with E-state index in [0.29, 0.717) is 6.42 Å².